The molecule has 0 aliphatic carbocycles. The molecule has 2 N–H and O–H groups in total. The van der Waals surface area contributed by atoms with Gasteiger partial charge in [-0.1, -0.05) is 39.3 Å². The van der Waals surface area contributed by atoms with Gasteiger partial charge in [-0.05, 0) is 79.7 Å². The van der Waals surface area contributed by atoms with Crippen LogP contribution in [0, 0.1) is 0 Å². The third-order valence-corrected chi connectivity index (χ3v) is 7.13. The number of halogens is 2. The van der Waals surface area contributed by atoms with Crippen molar-refractivity contribution < 1.29 is 23.9 Å². The number of ether oxygens (including phenoxy) is 2. The van der Waals surface area contributed by atoms with Gasteiger partial charge >= 0.3 is 5.97 Å². The standard InChI is InChI=1S/C28H25BrClN5O5S/c1-2-39-27(38)18-3-9-21(10-4-18)32-26(37)17-41-28-34-33-24(35(28)22-11-5-19(29)6-12-22)15-31-25(36)16-40-23-13-7-20(30)8-14-23/h3-14H,2,15-17H2,1H3,(H,31,36)(H,32,37). The molecule has 4 aromatic rings. The molecule has 0 saturated heterocycles. The van der Waals surface area contributed by atoms with Gasteiger partial charge in [0.1, 0.15) is 5.75 Å². The molecule has 1 aromatic heterocycles. The van der Waals surface area contributed by atoms with Crippen LogP contribution in [-0.2, 0) is 20.9 Å². The van der Waals surface area contributed by atoms with Crippen LogP contribution in [0.2, 0.25) is 5.02 Å². The topological polar surface area (TPSA) is 124 Å². The van der Waals surface area contributed by atoms with Crippen LogP contribution in [0.4, 0.5) is 5.69 Å². The van der Waals surface area contributed by atoms with E-state index in [0.29, 0.717) is 33.0 Å². The Morgan fingerprint density at radius 3 is 2.34 bits per heavy atom. The Bertz CT molecular complexity index is 1500. The minimum absolute atomic E-state index is 0.0512. The van der Waals surface area contributed by atoms with Crippen LogP contribution in [-0.4, -0.2) is 51.5 Å². The molecule has 1 heterocycles. The third-order valence-electron chi connectivity index (χ3n) is 5.42. The van der Waals surface area contributed by atoms with E-state index in [1.165, 1.54) is 11.8 Å². The summed E-state index contributed by atoms with van der Waals surface area (Å²) in [4.78, 5) is 36.9. The maximum atomic E-state index is 12.7. The fraction of sp³-hybridized carbons (Fsp3) is 0.179. The Morgan fingerprint density at radius 2 is 1.66 bits per heavy atom. The van der Waals surface area contributed by atoms with Crippen LogP contribution in [0.5, 0.6) is 5.75 Å². The second kappa shape index (κ2) is 14.7. The Labute approximate surface area is 253 Å². The van der Waals surface area contributed by atoms with E-state index in [9.17, 15) is 14.4 Å². The lowest BCUT2D eigenvalue weighted by atomic mass is 10.2. The molecule has 0 aliphatic heterocycles. The third kappa shape index (κ3) is 8.81. The molecular formula is C28H25BrClN5O5S. The smallest absolute Gasteiger partial charge is 0.338 e. The summed E-state index contributed by atoms with van der Waals surface area (Å²) >= 11 is 10.5. The van der Waals surface area contributed by atoms with E-state index in [0.717, 1.165) is 10.2 Å². The number of amides is 2. The van der Waals surface area contributed by atoms with E-state index >= 15 is 0 Å². The van der Waals surface area contributed by atoms with Crippen molar-refractivity contribution >= 4 is 62.8 Å². The van der Waals surface area contributed by atoms with Crippen LogP contribution in [0.3, 0.4) is 0 Å². The van der Waals surface area contributed by atoms with E-state index in [2.05, 4.69) is 36.8 Å². The zero-order chi connectivity index (χ0) is 29.2. The number of nitrogens with one attached hydrogen (secondary N) is 2. The average molecular weight is 659 g/mol. The van der Waals surface area contributed by atoms with Gasteiger partial charge in [-0.2, -0.15) is 0 Å². The Hall–Kier alpha value is -3.87. The molecule has 0 unspecified atom stereocenters. The Balaban J connectivity index is 1.38. The summed E-state index contributed by atoms with van der Waals surface area (Å²) in [5.74, 6) is 0.0231. The van der Waals surface area contributed by atoms with Crippen molar-refractivity contribution in [3.05, 3.63) is 93.7 Å². The summed E-state index contributed by atoms with van der Waals surface area (Å²) in [5.41, 5.74) is 1.71. The molecule has 13 heteroatoms. The number of nitrogens with zero attached hydrogens (tertiary/aromatic N) is 3. The number of anilines is 1. The van der Waals surface area contributed by atoms with Gasteiger partial charge in [-0.15, -0.1) is 10.2 Å². The monoisotopic (exact) mass is 657 g/mol. The van der Waals surface area contributed by atoms with Crippen LogP contribution >= 0.6 is 39.3 Å². The van der Waals surface area contributed by atoms with Gasteiger partial charge in [0.2, 0.25) is 5.91 Å². The first-order valence-electron chi connectivity index (χ1n) is 12.4. The summed E-state index contributed by atoms with van der Waals surface area (Å²) in [6, 6.07) is 20.7. The highest BCUT2D eigenvalue weighted by Gasteiger charge is 2.17. The summed E-state index contributed by atoms with van der Waals surface area (Å²) in [5, 5.41) is 15.2. The zero-order valence-electron chi connectivity index (χ0n) is 21.8. The molecule has 0 radical (unpaired) electrons. The maximum absolute atomic E-state index is 12.7. The van der Waals surface area contributed by atoms with Crippen molar-refractivity contribution in [3.8, 4) is 11.4 Å². The molecule has 0 aliphatic rings. The van der Waals surface area contributed by atoms with Crippen LogP contribution < -0.4 is 15.4 Å². The average Bonchev–Trinajstić information content (AvgIpc) is 3.38. The minimum Gasteiger partial charge on any atom is -0.484 e. The lowest BCUT2D eigenvalue weighted by Gasteiger charge is -2.12. The van der Waals surface area contributed by atoms with E-state index in [4.69, 9.17) is 21.1 Å². The second-order valence-electron chi connectivity index (χ2n) is 8.36. The highest BCUT2D eigenvalue weighted by molar-refractivity contribution is 9.10. The normalized spacial score (nSPS) is 10.6. The molecule has 3 aromatic carbocycles. The van der Waals surface area contributed by atoms with Gasteiger partial charge in [-0.25, -0.2) is 4.79 Å². The summed E-state index contributed by atoms with van der Waals surface area (Å²) < 4.78 is 13.1. The zero-order valence-corrected chi connectivity index (χ0v) is 25.0. The van der Waals surface area contributed by atoms with Crippen molar-refractivity contribution in [2.75, 3.05) is 24.3 Å². The second-order valence-corrected chi connectivity index (χ2v) is 10.7. The number of hydrogen-bond acceptors (Lipinski definition) is 8. The highest BCUT2D eigenvalue weighted by atomic mass is 79.9. The van der Waals surface area contributed by atoms with Gasteiger partial charge < -0.3 is 20.1 Å². The van der Waals surface area contributed by atoms with E-state index < -0.39 is 5.97 Å². The first-order valence-corrected chi connectivity index (χ1v) is 14.5. The van der Waals surface area contributed by atoms with Gasteiger partial charge in [0.15, 0.2) is 17.6 Å². The van der Waals surface area contributed by atoms with Gasteiger partial charge in [0.25, 0.3) is 5.91 Å². The largest absolute Gasteiger partial charge is 0.484 e. The maximum Gasteiger partial charge on any atom is 0.338 e. The predicted molar refractivity (Wildman–Crippen MR) is 160 cm³/mol. The van der Waals surface area contributed by atoms with E-state index in [-0.39, 0.29) is 37.3 Å². The van der Waals surface area contributed by atoms with Crippen molar-refractivity contribution in [3.63, 3.8) is 0 Å². The Morgan fingerprint density at radius 1 is 0.951 bits per heavy atom. The number of rotatable bonds is 12. The molecule has 0 fully saturated rings. The lowest BCUT2D eigenvalue weighted by molar-refractivity contribution is -0.123. The number of thioether (sulfide) groups is 1. The Kier molecular flexibility index (Phi) is 10.8. The molecule has 0 atom stereocenters. The van der Waals surface area contributed by atoms with Gasteiger partial charge in [0, 0.05) is 20.9 Å². The molecular weight excluding hydrogens is 634 g/mol. The molecule has 0 spiro atoms. The lowest BCUT2D eigenvalue weighted by Crippen LogP contribution is -2.29. The molecule has 2 amide bonds. The number of aromatic nitrogens is 3. The molecule has 0 bridgehead atoms. The highest BCUT2D eigenvalue weighted by Crippen LogP contribution is 2.24. The first kappa shape index (κ1) is 30.1. The fourth-order valence-electron chi connectivity index (χ4n) is 3.50. The van der Waals surface area contributed by atoms with Crippen molar-refractivity contribution in [1.82, 2.24) is 20.1 Å². The van der Waals surface area contributed by atoms with Crippen molar-refractivity contribution in [2.24, 2.45) is 0 Å². The molecule has 41 heavy (non-hydrogen) atoms. The quantitative estimate of drug-likeness (QED) is 0.156. The summed E-state index contributed by atoms with van der Waals surface area (Å²) in [6.45, 7) is 1.92. The number of esters is 1. The number of hydrogen-bond donors (Lipinski definition) is 2. The van der Waals surface area contributed by atoms with Crippen LogP contribution in [0.1, 0.15) is 23.1 Å². The van der Waals surface area contributed by atoms with Crippen molar-refractivity contribution in [2.45, 2.75) is 18.6 Å². The van der Waals surface area contributed by atoms with E-state index in [1.807, 2.05) is 24.3 Å². The van der Waals surface area contributed by atoms with Gasteiger partial charge in [-0.3, -0.25) is 14.2 Å². The number of benzene rings is 3. The van der Waals surface area contributed by atoms with Crippen LogP contribution in [0.15, 0.2) is 82.4 Å². The summed E-state index contributed by atoms with van der Waals surface area (Å²) in [6.07, 6.45) is 0. The SMILES string of the molecule is CCOC(=O)c1ccc(NC(=O)CSc2nnc(CNC(=O)COc3ccc(Cl)cc3)n2-c2ccc(Br)cc2)cc1. The summed E-state index contributed by atoms with van der Waals surface area (Å²) in [7, 11) is 0. The van der Waals surface area contributed by atoms with Gasteiger partial charge in [0.05, 0.1) is 24.5 Å². The minimum atomic E-state index is -0.422. The molecule has 10 nitrogen and oxygen atoms in total. The van der Waals surface area contributed by atoms with Crippen molar-refractivity contribution in [1.29, 1.82) is 0 Å². The fourth-order valence-corrected chi connectivity index (χ4v) is 4.66. The van der Waals surface area contributed by atoms with E-state index in [1.54, 1.807) is 60.0 Å². The number of carbonyl (C=O) groups excluding carboxylic acids is 3. The molecule has 212 valence electrons. The van der Waals surface area contributed by atoms with Crippen LogP contribution in [0.25, 0.3) is 5.69 Å². The molecule has 0 saturated carbocycles. The molecule has 4 rings (SSSR count). The predicted octanol–water partition coefficient (Wildman–Crippen LogP) is 5.29. The first-order chi connectivity index (χ1) is 19.8. The number of carbonyl (C=O) groups is 3.